The van der Waals surface area contributed by atoms with Crippen molar-refractivity contribution in [3.8, 4) is 0 Å². The maximum Gasteiger partial charge on any atom is 0.324 e. The Morgan fingerprint density at radius 2 is 1.90 bits per heavy atom. The molecule has 6 heteroatoms. The Morgan fingerprint density at radius 1 is 1.10 bits per heavy atom. The molecule has 1 saturated heterocycles. The number of carbonyl (C=O) groups excluding carboxylic acids is 1. The van der Waals surface area contributed by atoms with Crippen LogP contribution in [0.4, 0.5) is 4.79 Å². The summed E-state index contributed by atoms with van der Waals surface area (Å²) in [5.41, 5.74) is 0.551. The number of rotatable bonds is 3. The molecular weight excluding hydrogens is 292 g/mol. The van der Waals surface area contributed by atoms with Crippen LogP contribution in [0.5, 0.6) is 0 Å². The van der Waals surface area contributed by atoms with Crippen molar-refractivity contribution in [3.05, 3.63) is 53.9 Å². The minimum Gasteiger partial charge on any atom is -0.450 e. The number of thiocarbonyl (C=S) groups is 1. The minimum atomic E-state index is -0.313. The lowest BCUT2D eigenvalue weighted by Gasteiger charge is -1.96. The van der Waals surface area contributed by atoms with E-state index >= 15 is 0 Å². The van der Waals surface area contributed by atoms with Gasteiger partial charge in [-0.1, -0.05) is 42.2 Å². The molecule has 1 aliphatic heterocycles. The fraction of sp³-hybridized carbons (Fsp3) is 0. The highest BCUT2D eigenvalue weighted by molar-refractivity contribution is 7.99. The lowest BCUT2D eigenvalue weighted by atomic mass is 10.3. The second kappa shape index (κ2) is 5.52. The van der Waals surface area contributed by atoms with Crippen molar-refractivity contribution in [3.63, 3.8) is 0 Å². The minimum absolute atomic E-state index is 0.313. The second-order valence-electron chi connectivity index (χ2n) is 4.04. The number of nitrogens with one attached hydrogen (secondary N) is 2. The van der Waals surface area contributed by atoms with Crippen LogP contribution in [0.2, 0.25) is 0 Å². The predicted molar refractivity (Wildman–Crippen MR) is 81.5 cm³/mol. The molecule has 20 heavy (non-hydrogen) atoms. The Morgan fingerprint density at radius 3 is 2.60 bits per heavy atom. The van der Waals surface area contributed by atoms with Crippen molar-refractivity contribution in [1.82, 2.24) is 10.6 Å². The summed E-state index contributed by atoms with van der Waals surface area (Å²) in [6.07, 6.45) is 1.70. The van der Waals surface area contributed by atoms with Crippen molar-refractivity contribution >= 4 is 41.1 Å². The van der Waals surface area contributed by atoms with Crippen LogP contribution in [0.15, 0.2) is 62.6 Å². The van der Waals surface area contributed by atoms with Crippen molar-refractivity contribution < 1.29 is 9.21 Å². The van der Waals surface area contributed by atoms with Crippen molar-refractivity contribution in [2.24, 2.45) is 0 Å². The molecule has 0 unspecified atom stereocenters. The SMILES string of the molecule is O=C1NC(=S)/C(=C/c2ccc(Sc3ccccc3)o2)N1. The molecule has 4 nitrogen and oxygen atoms in total. The van der Waals surface area contributed by atoms with E-state index in [1.807, 2.05) is 42.5 Å². The number of furan rings is 1. The van der Waals surface area contributed by atoms with Gasteiger partial charge in [0, 0.05) is 11.0 Å². The molecule has 100 valence electrons. The molecule has 0 saturated carbocycles. The van der Waals surface area contributed by atoms with Crippen LogP contribution in [0.25, 0.3) is 6.08 Å². The van der Waals surface area contributed by atoms with Gasteiger partial charge in [0.25, 0.3) is 0 Å². The summed E-state index contributed by atoms with van der Waals surface area (Å²) in [4.78, 5) is 12.6. The molecule has 1 aromatic carbocycles. The Kier molecular flexibility index (Phi) is 3.58. The van der Waals surface area contributed by atoms with Crippen LogP contribution < -0.4 is 10.6 Å². The van der Waals surface area contributed by atoms with E-state index in [1.165, 1.54) is 11.8 Å². The van der Waals surface area contributed by atoms with Crippen LogP contribution in [0, 0.1) is 0 Å². The first-order valence-corrected chi connectivity index (χ1v) is 7.10. The highest BCUT2D eigenvalue weighted by Crippen LogP contribution is 2.29. The average Bonchev–Trinajstić information content (AvgIpc) is 2.98. The number of benzene rings is 1. The third-order valence-electron chi connectivity index (χ3n) is 2.57. The molecule has 0 spiro atoms. The van der Waals surface area contributed by atoms with Crippen LogP contribution in [-0.4, -0.2) is 11.0 Å². The molecule has 2 heterocycles. The van der Waals surface area contributed by atoms with Gasteiger partial charge in [0.15, 0.2) is 5.09 Å². The van der Waals surface area contributed by atoms with E-state index in [4.69, 9.17) is 16.6 Å². The fourth-order valence-electron chi connectivity index (χ4n) is 1.70. The van der Waals surface area contributed by atoms with E-state index in [0.29, 0.717) is 16.4 Å². The van der Waals surface area contributed by atoms with Gasteiger partial charge in [-0.2, -0.15) is 0 Å². The van der Waals surface area contributed by atoms with Crippen molar-refractivity contribution in [2.75, 3.05) is 0 Å². The molecule has 2 amide bonds. The Balaban J connectivity index is 1.76. The van der Waals surface area contributed by atoms with Crippen LogP contribution in [-0.2, 0) is 0 Å². The lowest BCUT2D eigenvalue weighted by molar-refractivity contribution is 0.250. The van der Waals surface area contributed by atoms with Gasteiger partial charge in [-0.3, -0.25) is 5.32 Å². The average molecular weight is 302 g/mol. The van der Waals surface area contributed by atoms with Crippen molar-refractivity contribution in [1.29, 1.82) is 0 Å². The van der Waals surface area contributed by atoms with Gasteiger partial charge in [-0.15, -0.1) is 0 Å². The molecule has 3 rings (SSSR count). The number of hydrogen-bond donors (Lipinski definition) is 2. The van der Waals surface area contributed by atoms with Crippen LogP contribution >= 0.6 is 24.0 Å². The molecule has 2 aromatic rings. The smallest absolute Gasteiger partial charge is 0.324 e. The number of amides is 2. The maximum absolute atomic E-state index is 11.1. The molecule has 1 aliphatic rings. The van der Waals surface area contributed by atoms with Gasteiger partial charge in [0.05, 0.1) is 5.70 Å². The summed E-state index contributed by atoms with van der Waals surface area (Å²) in [7, 11) is 0. The van der Waals surface area contributed by atoms with Crippen LogP contribution in [0.1, 0.15) is 5.76 Å². The summed E-state index contributed by atoms with van der Waals surface area (Å²) in [6, 6.07) is 13.4. The first-order valence-electron chi connectivity index (χ1n) is 5.87. The summed E-state index contributed by atoms with van der Waals surface area (Å²) in [6.45, 7) is 0. The Labute approximate surface area is 125 Å². The first-order chi connectivity index (χ1) is 9.70. The van der Waals surface area contributed by atoms with E-state index in [2.05, 4.69) is 10.6 Å². The lowest BCUT2D eigenvalue weighted by Crippen LogP contribution is -2.21. The van der Waals surface area contributed by atoms with Gasteiger partial charge in [-0.25, -0.2) is 4.79 Å². The molecule has 0 atom stereocenters. The maximum atomic E-state index is 11.1. The second-order valence-corrected chi connectivity index (χ2v) is 5.52. The predicted octanol–water partition coefficient (Wildman–Crippen LogP) is 3.41. The highest BCUT2D eigenvalue weighted by atomic mass is 32.2. The van der Waals surface area contributed by atoms with Gasteiger partial charge < -0.3 is 9.73 Å². The van der Waals surface area contributed by atoms with Gasteiger partial charge in [0.2, 0.25) is 0 Å². The molecule has 1 fully saturated rings. The molecule has 0 radical (unpaired) electrons. The summed E-state index contributed by atoms with van der Waals surface area (Å²) in [5.74, 6) is 0.643. The monoisotopic (exact) mass is 302 g/mol. The third kappa shape index (κ3) is 2.92. The highest BCUT2D eigenvalue weighted by Gasteiger charge is 2.19. The van der Waals surface area contributed by atoms with E-state index in [1.54, 1.807) is 6.08 Å². The standard InChI is InChI=1S/C14H10N2O2S2/c17-14-15-11(13(19)16-14)8-9-6-7-12(18-9)20-10-4-2-1-3-5-10/h1-8H,(H2,15,16,17,19)/b11-8-. The molecule has 1 aromatic heterocycles. The summed E-state index contributed by atoms with van der Waals surface area (Å²) < 4.78 is 5.68. The zero-order valence-corrected chi connectivity index (χ0v) is 11.9. The molecular formula is C14H10N2O2S2. The van der Waals surface area contributed by atoms with Crippen LogP contribution in [0.3, 0.4) is 0 Å². The molecule has 0 aliphatic carbocycles. The van der Waals surface area contributed by atoms with Crippen molar-refractivity contribution in [2.45, 2.75) is 9.99 Å². The number of carbonyl (C=O) groups is 1. The number of hydrogen-bond acceptors (Lipinski definition) is 4. The zero-order chi connectivity index (χ0) is 13.9. The normalized spacial score (nSPS) is 16.3. The quantitative estimate of drug-likeness (QED) is 0.674. The topological polar surface area (TPSA) is 54.3 Å². The van der Waals surface area contributed by atoms with Gasteiger partial charge in [0.1, 0.15) is 10.7 Å². The van der Waals surface area contributed by atoms with E-state index < -0.39 is 0 Å². The molecule has 0 bridgehead atoms. The summed E-state index contributed by atoms with van der Waals surface area (Å²) in [5, 5.41) is 5.90. The van der Waals surface area contributed by atoms with E-state index in [-0.39, 0.29) is 6.03 Å². The first kappa shape index (κ1) is 13.0. The largest absolute Gasteiger partial charge is 0.450 e. The number of urea groups is 1. The fourth-order valence-corrected chi connectivity index (χ4v) is 2.70. The van der Waals surface area contributed by atoms with Gasteiger partial charge >= 0.3 is 6.03 Å². The van der Waals surface area contributed by atoms with E-state index in [9.17, 15) is 4.79 Å². The molecule has 2 N–H and O–H groups in total. The van der Waals surface area contributed by atoms with Gasteiger partial charge in [-0.05, 0) is 24.3 Å². The Hall–Kier alpha value is -2.05. The zero-order valence-electron chi connectivity index (χ0n) is 10.3. The Bertz CT molecular complexity index is 692. The summed E-state index contributed by atoms with van der Waals surface area (Å²) >= 11 is 6.55. The third-order valence-corrected chi connectivity index (χ3v) is 3.82. The van der Waals surface area contributed by atoms with E-state index in [0.717, 1.165) is 9.99 Å².